The molecule has 1 N–H and O–H groups in total. The quantitative estimate of drug-likeness (QED) is 0.741. The van der Waals surface area contributed by atoms with E-state index in [4.69, 9.17) is 0 Å². The van der Waals surface area contributed by atoms with Crippen molar-refractivity contribution in [3.05, 3.63) is 57.5 Å². The molecule has 0 saturated carbocycles. The van der Waals surface area contributed by atoms with Gasteiger partial charge >= 0.3 is 0 Å². The molecule has 0 aliphatic carbocycles. The molecule has 2 aromatic carbocycles. The van der Waals surface area contributed by atoms with Crippen LogP contribution >= 0.6 is 31.9 Å². The summed E-state index contributed by atoms with van der Waals surface area (Å²) in [4.78, 5) is 12.2. The van der Waals surface area contributed by atoms with E-state index in [0.717, 1.165) is 8.78 Å². The third kappa shape index (κ3) is 4.63. The molecular formula is C15H14Br2N2O3S. The molecule has 0 aliphatic heterocycles. The van der Waals surface area contributed by atoms with Crippen molar-refractivity contribution in [2.75, 3.05) is 18.9 Å². The van der Waals surface area contributed by atoms with Crippen LogP contribution in [0.3, 0.4) is 0 Å². The Bertz CT molecular complexity index is 811. The van der Waals surface area contributed by atoms with Crippen LogP contribution in [-0.4, -0.2) is 32.2 Å². The third-order valence-electron chi connectivity index (χ3n) is 3.02. The number of carbonyl (C=O) groups is 1. The van der Waals surface area contributed by atoms with Crippen molar-refractivity contribution < 1.29 is 13.2 Å². The summed E-state index contributed by atoms with van der Waals surface area (Å²) >= 11 is 6.67. The van der Waals surface area contributed by atoms with Gasteiger partial charge in [0.05, 0.1) is 17.1 Å². The fourth-order valence-electron chi connectivity index (χ4n) is 1.84. The molecule has 0 atom stereocenters. The van der Waals surface area contributed by atoms with E-state index in [9.17, 15) is 13.2 Å². The fraction of sp³-hybridized carbons (Fsp3) is 0.133. The first-order chi connectivity index (χ1) is 10.8. The van der Waals surface area contributed by atoms with Gasteiger partial charge in [0, 0.05) is 16.0 Å². The molecule has 0 saturated heterocycles. The second-order valence-electron chi connectivity index (χ2n) is 4.75. The highest BCUT2D eigenvalue weighted by molar-refractivity contribution is 9.11. The third-order valence-corrected chi connectivity index (χ3v) is 5.99. The Kier molecular flexibility index (Phi) is 5.96. The number of carbonyl (C=O) groups excluding carboxylic acids is 1. The number of halogens is 2. The van der Waals surface area contributed by atoms with E-state index in [2.05, 4.69) is 37.2 Å². The van der Waals surface area contributed by atoms with E-state index in [1.807, 2.05) is 0 Å². The molecule has 8 heteroatoms. The average molecular weight is 462 g/mol. The largest absolute Gasteiger partial charge is 0.324 e. The van der Waals surface area contributed by atoms with Crippen molar-refractivity contribution in [2.45, 2.75) is 4.90 Å². The van der Waals surface area contributed by atoms with Gasteiger partial charge < -0.3 is 5.32 Å². The number of rotatable bonds is 5. The van der Waals surface area contributed by atoms with Gasteiger partial charge in [-0.1, -0.05) is 34.1 Å². The molecule has 0 fully saturated rings. The number of anilines is 1. The number of hydrogen-bond acceptors (Lipinski definition) is 3. The first-order valence-corrected chi connectivity index (χ1v) is 9.59. The maximum atomic E-state index is 12.4. The molecule has 0 bridgehead atoms. The zero-order chi connectivity index (χ0) is 17.0. The van der Waals surface area contributed by atoms with Crippen molar-refractivity contribution in [2.24, 2.45) is 0 Å². The maximum Gasteiger partial charge on any atom is 0.243 e. The summed E-state index contributed by atoms with van der Waals surface area (Å²) in [6.45, 7) is -0.278. The molecule has 2 aromatic rings. The summed E-state index contributed by atoms with van der Waals surface area (Å²) in [5.74, 6) is -0.421. The smallest absolute Gasteiger partial charge is 0.243 e. The monoisotopic (exact) mass is 460 g/mol. The Morgan fingerprint density at radius 3 is 2.39 bits per heavy atom. The van der Waals surface area contributed by atoms with Crippen molar-refractivity contribution in [1.82, 2.24) is 4.31 Å². The van der Waals surface area contributed by atoms with Crippen LogP contribution in [0.15, 0.2) is 62.4 Å². The molecule has 0 heterocycles. The molecule has 0 spiro atoms. The Hall–Kier alpha value is -1.22. The Morgan fingerprint density at radius 2 is 1.78 bits per heavy atom. The summed E-state index contributed by atoms with van der Waals surface area (Å²) in [5.41, 5.74) is 0.573. The normalized spacial score (nSPS) is 11.5. The minimum absolute atomic E-state index is 0.153. The minimum atomic E-state index is -3.69. The predicted molar refractivity (Wildman–Crippen MR) is 96.7 cm³/mol. The lowest BCUT2D eigenvalue weighted by Gasteiger charge is -2.17. The van der Waals surface area contributed by atoms with Crippen LogP contribution in [0.2, 0.25) is 0 Å². The summed E-state index contributed by atoms with van der Waals surface area (Å²) in [7, 11) is -2.32. The van der Waals surface area contributed by atoms with E-state index in [1.165, 1.54) is 19.2 Å². The van der Waals surface area contributed by atoms with Gasteiger partial charge in [0.2, 0.25) is 15.9 Å². The van der Waals surface area contributed by atoms with Crippen molar-refractivity contribution in [3.8, 4) is 0 Å². The molecular weight excluding hydrogens is 448 g/mol. The molecule has 23 heavy (non-hydrogen) atoms. The lowest BCUT2D eigenvalue weighted by molar-refractivity contribution is -0.116. The van der Waals surface area contributed by atoms with Crippen LogP contribution < -0.4 is 5.32 Å². The minimum Gasteiger partial charge on any atom is -0.324 e. The average Bonchev–Trinajstić information content (AvgIpc) is 2.51. The van der Waals surface area contributed by atoms with Gasteiger partial charge in [-0.25, -0.2) is 8.42 Å². The molecule has 5 nitrogen and oxygen atoms in total. The first kappa shape index (κ1) is 18.1. The Morgan fingerprint density at radius 1 is 1.13 bits per heavy atom. The van der Waals surface area contributed by atoms with Crippen molar-refractivity contribution in [1.29, 1.82) is 0 Å². The number of nitrogens with one attached hydrogen (secondary N) is 1. The lowest BCUT2D eigenvalue weighted by Crippen LogP contribution is -2.35. The summed E-state index contributed by atoms with van der Waals surface area (Å²) in [6, 6.07) is 13.3. The maximum absolute atomic E-state index is 12.4. The molecule has 122 valence electrons. The first-order valence-electron chi connectivity index (χ1n) is 6.57. The summed E-state index contributed by atoms with van der Waals surface area (Å²) in [5, 5.41) is 2.68. The second-order valence-corrected chi connectivity index (χ2v) is 8.56. The van der Waals surface area contributed by atoms with E-state index in [0.29, 0.717) is 10.2 Å². The van der Waals surface area contributed by atoms with Crippen LogP contribution in [0.4, 0.5) is 5.69 Å². The van der Waals surface area contributed by atoms with Gasteiger partial charge in [-0.05, 0) is 46.3 Å². The predicted octanol–water partition coefficient (Wildman–Crippen LogP) is 3.47. The number of nitrogens with zero attached hydrogens (tertiary/aromatic N) is 1. The molecule has 0 radical (unpaired) electrons. The van der Waals surface area contributed by atoms with Gasteiger partial charge in [-0.2, -0.15) is 4.31 Å². The number of likely N-dealkylation sites (N-methyl/N-ethyl adjacent to an activating group) is 1. The van der Waals surface area contributed by atoms with E-state index in [1.54, 1.807) is 36.4 Å². The fourth-order valence-corrected chi connectivity index (χ4v) is 4.13. The van der Waals surface area contributed by atoms with Gasteiger partial charge in [0.25, 0.3) is 0 Å². The van der Waals surface area contributed by atoms with Gasteiger partial charge in [0.1, 0.15) is 0 Å². The van der Waals surface area contributed by atoms with Crippen LogP contribution in [0.25, 0.3) is 0 Å². The zero-order valence-corrected chi connectivity index (χ0v) is 16.2. The van der Waals surface area contributed by atoms with E-state index in [-0.39, 0.29) is 11.4 Å². The highest BCUT2D eigenvalue weighted by Crippen LogP contribution is 2.26. The lowest BCUT2D eigenvalue weighted by atomic mass is 10.3. The van der Waals surface area contributed by atoms with Gasteiger partial charge in [-0.15, -0.1) is 0 Å². The number of sulfonamides is 1. The van der Waals surface area contributed by atoms with E-state index >= 15 is 0 Å². The molecule has 0 aliphatic rings. The molecule has 2 rings (SSSR count). The Balaban J connectivity index is 2.08. The molecule has 0 unspecified atom stereocenters. The summed E-state index contributed by atoms with van der Waals surface area (Å²) in [6.07, 6.45) is 0. The van der Waals surface area contributed by atoms with Gasteiger partial charge in [-0.3, -0.25) is 4.79 Å². The number of amides is 1. The van der Waals surface area contributed by atoms with Crippen molar-refractivity contribution in [3.63, 3.8) is 0 Å². The number of hydrogen-bond donors (Lipinski definition) is 1. The van der Waals surface area contributed by atoms with Crippen LogP contribution in [0.5, 0.6) is 0 Å². The highest BCUT2D eigenvalue weighted by atomic mass is 79.9. The molecule has 1 amide bonds. The zero-order valence-electron chi connectivity index (χ0n) is 12.2. The Labute approximate surface area is 152 Å². The number of benzene rings is 2. The second kappa shape index (κ2) is 7.57. The van der Waals surface area contributed by atoms with E-state index < -0.39 is 15.9 Å². The summed E-state index contributed by atoms with van der Waals surface area (Å²) < 4.78 is 27.3. The van der Waals surface area contributed by atoms with Gasteiger partial charge in [0.15, 0.2) is 0 Å². The van der Waals surface area contributed by atoms with Crippen LogP contribution in [-0.2, 0) is 14.8 Å². The topological polar surface area (TPSA) is 66.5 Å². The van der Waals surface area contributed by atoms with Crippen molar-refractivity contribution >= 4 is 53.5 Å². The SMILES string of the molecule is CN(CC(=O)Nc1ccc(Br)cc1Br)S(=O)(=O)c1ccccc1. The standard InChI is InChI=1S/C15H14Br2N2O3S/c1-19(23(21,22)12-5-3-2-4-6-12)10-15(20)18-14-8-7-11(16)9-13(14)17/h2-9H,10H2,1H3,(H,18,20). The van der Waals surface area contributed by atoms with Crippen LogP contribution in [0, 0.1) is 0 Å². The molecule has 0 aromatic heterocycles. The highest BCUT2D eigenvalue weighted by Gasteiger charge is 2.22. The van der Waals surface area contributed by atoms with Crippen LogP contribution in [0.1, 0.15) is 0 Å².